The maximum atomic E-state index is 11.6. The molecule has 0 rings (SSSR count). The molecule has 0 bridgehead atoms. The van der Waals surface area contributed by atoms with Gasteiger partial charge in [0.15, 0.2) is 0 Å². The Balaban J connectivity index is 3.88. The second kappa shape index (κ2) is 9.40. The lowest BCUT2D eigenvalue weighted by molar-refractivity contribution is -0.141. The van der Waals surface area contributed by atoms with Crippen LogP contribution in [0.3, 0.4) is 0 Å². The molecule has 16 heavy (non-hydrogen) atoms. The van der Waals surface area contributed by atoms with E-state index in [4.69, 9.17) is 9.47 Å². The number of hydrogen-bond acceptors (Lipinski definition) is 3. The van der Waals surface area contributed by atoms with Gasteiger partial charge in [-0.2, -0.15) is 0 Å². The van der Waals surface area contributed by atoms with Crippen LogP contribution < -0.4 is 0 Å². The Kier molecular flexibility index (Phi) is 8.91. The van der Waals surface area contributed by atoms with E-state index in [1.54, 1.807) is 0 Å². The molecule has 0 amide bonds. The van der Waals surface area contributed by atoms with Gasteiger partial charge in [0.2, 0.25) is 0 Å². The Morgan fingerprint density at radius 3 is 2.44 bits per heavy atom. The Labute approximate surface area is 98.8 Å². The van der Waals surface area contributed by atoms with Crippen molar-refractivity contribution >= 4 is 5.97 Å². The van der Waals surface area contributed by atoms with E-state index >= 15 is 0 Å². The molecule has 0 aromatic heterocycles. The summed E-state index contributed by atoms with van der Waals surface area (Å²) in [4.78, 5) is 11.6. The number of carbonyl (C=O) groups excluding carboxylic acids is 1. The Bertz CT molecular complexity index is 219. The van der Waals surface area contributed by atoms with Crippen LogP contribution in [0.15, 0.2) is 11.6 Å². The minimum absolute atomic E-state index is 0.181. The fraction of sp³-hybridized carbons (Fsp3) is 0.769. The lowest BCUT2D eigenvalue weighted by Gasteiger charge is -2.09. The molecule has 0 aromatic carbocycles. The van der Waals surface area contributed by atoms with Crippen LogP contribution in [0.1, 0.15) is 47.0 Å². The first kappa shape index (κ1) is 15.2. The molecule has 0 atom stereocenters. The summed E-state index contributed by atoms with van der Waals surface area (Å²) in [6.45, 7) is 8.79. The van der Waals surface area contributed by atoms with E-state index in [0.29, 0.717) is 13.2 Å². The summed E-state index contributed by atoms with van der Waals surface area (Å²) in [5, 5.41) is 0. The summed E-state index contributed by atoms with van der Waals surface area (Å²) < 4.78 is 10.4. The monoisotopic (exact) mass is 228 g/mol. The van der Waals surface area contributed by atoms with Crippen LogP contribution in [-0.2, 0) is 14.3 Å². The highest BCUT2D eigenvalue weighted by atomic mass is 16.6. The normalized spacial score (nSPS) is 11.9. The number of hydrogen-bond donors (Lipinski definition) is 0. The van der Waals surface area contributed by atoms with Crippen molar-refractivity contribution in [1.29, 1.82) is 0 Å². The van der Waals surface area contributed by atoms with Crippen molar-refractivity contribution < 1.29 is 14.3 Å². The highest BCUT2D eigenvalue weighted by Gasteiger charge is 2.09. The molecule has 0 radical (unpaired) electrons. The minimum atomic E-state index is -0.198. The van der Waals surface area contributed by atoms with Crippen LogP contribution >= 0.6 is 0 Å². The lowest BCUT2D eigenvalue weighted by atomic mass is 10.1. The number of carbonyl (C=O) groups is 1. The molecule has 0 N–H and O–H groups in total. The third kappa shape index (κ3) is 7.46. The topological polar surface area (TPSA) is 35.5 Å². The van der Waals surface area contributed by atoms with Gasteiger partial charge in [-0.1, -0.05) is 26.3 Å². The van der Waals surface area contributed by atoms with Gasteiger partial charge >= 0.3 is 5.97 Å². The van der Waals surface area contributed by atoms with Crippen LogP contribution in [0.5, 0.6) is 0 Å². The van der Waals surface area contributed by atoms with Crippen molar-refractivity contribution in [2.24, 2.45) is 0 Å². The van der Waals surface area contributed by atoms with E-state index < -0.39 is 0 Å². The van der Waals surface area contributed by atoms with E-state index in [1.807, 2.05) is 26.8 Å². The second-order valence-electron chi connectivity index (χ2n) is 3.94. The summed E-state index contributed by atoms with van der Waals surface area (Å²) in [7, 11) is 0. The quantitative estimate of drug-likeness (QED) is 0.364. The van der Waals surface area contributed by atoms with Crippen molar-refractivity contribution in [1.82, 2.24) is 0 Å². The molecule has 0 aliphatic rings. The fourth-order valence-corrected chi connectivity index (χ4v) is 1.31. The third-order valence-electron chi connectivity index (χ3n) is 2.00. The minimum Gasteiger partial charge on any atom is -0.460 e. The molecule has 0 fully saturated rings. The summed E-state index contributed by atoms with van der Waals surface area (Å²) in [6.07, 6.45) is 4.74. The molecule has 0 aromatic rings. The number of ether oxygens (including phenoxy) is 2. The second-order valence-corrected chi connectivity index (χ2v) is 3.94. The molecule has 0 saturated heterocycles. The summed E-state index contributed by atoms with van der Waals surface area (Å²) >= 11 is 0. The van der Waals surface area contributed by atoms with Crippen molar-refractivity contribution in [2.45, 2.75) is 53.1 Å². The summed E-state index contributed by atoms with van der Waals surface area (Å²) in [5.41, 5.74) is 0.787. The lowest BCUT2D eigenvalue weighted by Crippen LogP contribution is -2.14. The summed E-state index contributed by atoms with van der Waals surface area (Å²) in [5.74, 6) is -0.198. The van der Waals surface area contributed by atoms with E-state index in [2.05, 4.69) is 6.92 Å². The number of rotatable bonds is 8. The van der Waals surface area contributed by atoms with Crippen molar-refractivity contribution in [3.63, 3.8) is 0 Å². The van der Waals surface area contributed by atoms with Gasteiger partial charge in [-0.3, -0.25) is 0 Å². The van der Waals surface area contributed by atoms with Gasteiger partial charge in [-0.15, -0.1) is 0 Å². The van der Waals surface area contributed by atoms with E-state index in [9.17, 15) is 4.79 Å². The predicted octanol–water partition coefficient (Wildman–Crippen LogP) is 3.09. The molecular weight excluding hydrogens is 204 g/mol. The highest BCUT2D eigenvalue weighted by molar-refractivity contribution is 5.88. The molecular formula is C13H24O3. The zero-order valence-electron chi connectivity index (χ0n) is 10.9. The average Bonchev–Trinajstić information content (AvgIpc) is 2.23. The van der Waals surface area contributed by atoms with Gasteiger partial charge in [0.25, 0.3) is 0 Å². The molecule has 0 unspecified atom stereocenters. The van der Waals surface area contributed by atoms with Crippen LogP contribution in [0, 0.1) is 0 Å². The zero-order chi connectivity index (χ0) is 12.4. The molecule has 0 aliphatic carbocycles. The zero-order valence-corrected chi connectivity index (χ0v) is 10.9. The Hall–Kier alpha value is -0.830. The molecule has 0 aliphatic heterocycles. The van der Waals surface area contributed by atoms with Crippen molar-refractivity contribution in [2.75, 3.05) is 13.2 Å². The first-order valence-corrected chi connectivity index (χ1v) is 6.09. The maximum Gasteiger partial charge on any atom is 0.333 e. The van der Waals surface area contributed by atoms with Crippen molar-refractivity contribution in [3.8, 4) is 0 Å². The van der Waals surface area contributed by atoms with Gasteiger partial charge in [-0.25, -0.2) is 4.79 Å². The van der Waals surface area contributed by atoms with Gasteiger partial charge < -0.3 is 9.47 Å². The molecule has 3 nitrogen and oxygen atoms in total. The molecule has 94 valence electrons. The SMILES string of the molecule is CC/C=C(\CCC)C(=O)OCCOC(C)C. The van der Waals surface area contributed by atoms with Gasteiger partial charge in [-0.05, 0) is 26.7 Å². The molecule has 0 heterocycles. The van der Waals surface area contributed by atoms with E-state index in [0.717, 1.165) is 24.8 Å². The standard InChI is InChI=1S/C13H24O3/c1-5-7-12(8-6-2)13(14)16-10-9-15-11(3)4/h7,11H,5-6,8-10H2,1-4H3/b12-7+. The fourth-order valence-electron chi connectivity index (χ4n) is 1.31. The van der Waals surface area contributed by atoms with E-state index in [-0.39, 0.29) is 12.1 Å². The number of esters is 1. The van der Waals surface area contributed by atoms with Crippen LogP contribution in [0.25, 0.3) is 0 Å². The number of allylic oxidation sites excluding steroid dienone is 1. The van der Waals surface area contributed by atoms with Crippen LogP contribution in [0.2, 0.25) is 0 Å². The van der Waals surface area contributed by atoms with Gasteiger partial charge in [0.05, 0.1) is 12.7 Å². The Morgan fingerprint density at radius 2 is 1.94 bits per heavy atom. The van der Waals surface area contributed by atoms with Gasteiger partial charge in [0.1, 0.15) is 6.61 Å². The van der Waals surface area contributed by atoms with Crippen LogP contribution in [0.4, 0.5) is 0 Å². The predicted molar refractivity (Wildman–Crippen MR) is 65.3 cm³/mol. The molecule has 0 saturated carbocycles. The first-order valence-electron chi connectivity index (χ1n) is 6.09. The van der Waals surface area contributed by atoms with E-state index in [1.165, 1.54) is 0 Å². The van der Waals surface area contributed by atoms with Gasteiger partial charge in [0, 0.05) is 5.57 Å². The first-order chi connectivity index (χ1) is 7.61. The van der Waals surface area contributed by atoms with Crippen molar-refractivity contribution in [3.05, 3.63) is 11.6 Å². The summed E-state index contributed by atoms with van der Waals surface area (Å²) in [6, 6.07) is 0. The molecule has 3 heteroatoms. The average molecular weight is 228 g/mol. The Morgan fingerprint density at radius 1 is 1.25 bits per heavy atom. The molecule has 0 spiro atoms. The third-order valence-corrected chi connectivity index (χ3v) is 2.00. The highest BCUT2D eigenvalue weighted by Crippen LogP contribution is 2.08. The van der Waals surface area contributed by atoms with Crippen LogP contribution in [-0.4, -0.2) is 25.3 Å². The maximum absolute atomic E-state index is 11.6. The largest absolute Gasteiger partial charge is 0.460 e. The smallest absolute Gasteiger partial charge is 0.333 e.